The number of nitrogens with one attached hydrogen (secondary N) is 1. The van der Waals surface area contributed by atoms with E-state index < -0.39 is 11.7 Å². The van der Waals surface area contributed by atoms with Crippen LogP contribution in [0.15, 0.2) is 42.6 Å². The van der Waals surface area contributed by atoms with Gasteiger partial charge < -0.3 is 19.7 Å². The van der Waals surface area contributed by atoms with Gasteiger partial charge in [-0.25, -0.2) is 9.37 Å². The van der Waals surface area contributed by atoms with E-state index in [4.69, 9.17) is 9.47 Å². The number of Topliss-reactive ketones (excluding diaryl/α,β-unsaturated/α-hetero) is 1. The molecule has 10 heteroatoms. The van der Waals surface area contributed by atoms with Crippen molar-refractivity contribution in [2.24, 2.45) is 5.92 Å². The fraction of sp³-hybridized carbons (Fsp3) is 0.407. The van der Waals surface area contributed by atoms with E-state index >= 15 is 0 Å². The first kappa shape index (κ1) is 26.8. The van der Waals surface area contributed by atoms with Gasteiger partial charge in [0.1, 0.15) is 23.4 Å². The van der Waals surface area contributed by atoms with Crippen LogP contribution in [0.2, 0.25) is 0 Å². The Morgan fingerprint density at radius 3 is 2.70 bits per heavy atom. The van der Waals surface area contributed by atoms with Gasteiger partial charge in [0, 0.05) is 38.2 Å². The van der Waals surface area contributed by atoms with E-state index in [-0.39, 0.29) is 23.4 Å². The maximum absolute atomic E-state index is 14.8. The molecule has 1 saturated carbocycles. The highest BCUT2D eigenvalue weighted by Crippen LogP contribution is 2.33. The number of methoxy groups -OCH3 is 1. The molecule has 1 aliphatic rings. The molecule has 1 unspecified atom stereocenters. The first-order valence-corrected chi connectivity index (χ1v) is 13.0. The van der Waals surface area contributed by atoms with E-state index in [1.165, 1.54) is 23.7 Å². The van der Waals surface area contributed by atoms with Crippen LogP contribution < -0.4 is 10.1 Å². The molecule has 0 bridgehead atoms. The quantitative estimate of drug-likeness (QED) is 0.330. The Morgan fingerprint density at radius 2 is 2.03 bits per heavy atom. The number of amides is 1. The van der Waals surface area contributed by atoms with E-state index in [0.29, 0.717) is 42.4 Å². The summed E-state index contributed by atoms with van der Waals surface area (Å²) in [6, 6.07) is 9.77. The topological polar surface area (TPSA) is 93.7 Å². The van der Waals surface area contributed by atoms with Crippen molar-refractivity contribution >= 4 is 23.2 Å². The molecule has 0 saturated heterocycles. The van der Waals surface area contributed by atoms with Crippen molar-refractivity contribution in [3.8, 4) is 17.0 Å². The number of halogens is 1. The Kier molecular flexibility index (Phi) is 8.96. The maximum Gasteiger partial charge on any atom is 0.254 e. The van der Waals surface area contributed by atoms with Gasteiger partial charge in [0.2, 0.25) is 0 Å². The highest BCUT2D eigenvalue weighted by atomic mass is 32.1. The summed E-state index contributed by atoms with van der Waals surface area (Å²) in [7, 11) is 3.57. The zero-order valence-corrected chi connectivity index (χ0v) is 22.0. The molecule has 3 aromatic rings. The van der Waals surface area contributed by atoms with Gasteiger partial charge in [-0.05, 0) is 68.7 Å². The Labute approximate surface area is 220 Å². The molecule has 8 nitrogen and oxygen atoms in total. The molecule has 1 aliphatic carbocycles. The average molecular weight is 527 g/mol. The van der Waals surface area contributed by atoms with Gasteiger partial charge in [-0.2, -0.15) is 4.37 Å². The standard InChI is InChI=1S/C27H31FN4O4S/c1-17(36-20-7-9-23(30-16-20)26(33)18-4-5-18)25-15-24(31-37-25)19-6-8-21(22(28)14-19)27(34)29-10-11-32(2)12-13-35-3/h6-9,14-18H,4-5,10-13H2,1-3H3,(H,29,34). The van der Waals surface area contributed by atoms with Crippen molar-refractivity contribution in [3.05, 3.63) is 64.5 Å². The fourth-order valence-corrected chi connectivity index (χ4v) is 4.43. The van der Waals surface area contributed by atoms with Crippen LogP contribution in [0.1, 0.15) is 51.6 Å². The number of benzene rings is 1. The highest BCUT2D eigenvalue weighted by molar-refractivity contribution is 7.06. The number of carbonyl (C=O) groups is 2. The molecular formula is C27H31FN4O4S. The number of aromatic nitrogens is 2. The lowest BCUT2D eigenvalue weighted by Crippen LogP contribution is -2.34. The molecule has 1 amide bonds. The largest absolute Gasteiger partial charge is 0.484 e. The highest BCUT2D eigenvalue weighted by Gasteiger charge is 2.31. The van der Waals surface area contributed by atoms with E-state index in [9.17, 15) is 14.0 Å². The van der Waals surface area contributed by atoms with E-state index in [2.05, 4.69) is 14.7 Å². The van der Waals surface area contributed by atoms with Gasteiger partial charge in [-0.3, -0.25) is 9.59 Å². The van der Waals surface area contributed by atoms with Crippen molar-refractivity contribution in [1.82, 2.24) is 19.6 Å². The van der Waals surface area contributed by atoms with Gasteiger partial charge in [-0.1, -0.05) is 6.07 Å². The van der Waals surface area contributed by atoms with Gasteiger partial charge in [0.25, 0.3) is 5.91 Å². The van der Waals surface area contributed by atoms with Crippen LogP contribution in [0.5, 0.6) is 5.75 Å². The minimum Gasteiger partial charge on any atom is -0.484 e. The zero-order valence-electron chi connectivity index (χ0n) is 21.2. The van der Waals surface area contributed by atoms with Crippen molar-refractivity contribution in [1.29, 1.82) is 0 Å². The van der Waals surface area contributed by atoms with Gasteiger partial charge in [-0.15, -0.1) is 0 Å². The number of ketones is 1. The molecule has 37 heavy (non-hydrogen) atoms. The van der Waals surface area contributed by atoms with Crippen LogP contribution in [0, 0.1) is 11.7 Å². The number of rotatable bonds is 13. The fourth-order valence-electron chi connectivity index (χ4n) is 3.70. The van der Waals surface area contributed by atoms with Crippen LogP contribution >= 0.6 is 11.5 Å². The van der Waals surface area contributed by atoms with Crippen LogP contribution in [0.3, 0.4) is 0 Å². The van der Waals surface area contributed by atoms with E-state index in [0.717, 1.165) is 24.3 Å². The summed E-state index contributed by atoms with van der Waals surface area (Å²) in [6.45, 7) is 4.29. The number of hydrogen-bond donors (Lipinski definition) is 1. The molecule has 0 radical (unpaired) electrons. The smallest absolute Gasteiger partial charge is 0.254 e. The molecule has 0 spiro atoms. The lowest BCUT2D eigenvalue weighted by molar-refractivity contribution is 0.0940. The van der Waals surface area contributed by atoms with Gasteiger partial charge in [0.15, 0.2) is 5.78 Å². The van der Waals surface area contributed by atoms with Gasteiger partial charge in [0.05, 0.1) is 28.9 Å². The van der Waals surface area contributed by atoms with E-state index in [1.807, 2.05) is 24.9 Å². The first-order valence-electron chi connectivity index (χ1n) is 12.2. The van der Waals surface area contributed by atoms with Crippen molar-refractivity contribution in [3.63, 3.8) is 0 Å². The summed E-state index contributed by atoms with van der Waals surface area (Å²) < 4.78 is 30.2. The molecule has 1 aromatic carbocycles. The molecule has 2 aromatic heterocycles. The molecule has 1 fully saturated rings. The second-order valence-electron chi connectivity index (χ2n) is 9.14. The predicted molar refractivity (Wildman–Crippen MR) is 140 cm³/mol. The SMILES string of the molecule is COCCN(C)CCNC(=O)c1ccc(-c2cc(C(C)Oc3ccc(C(=O)C4CC4)nc3)sn2)cc1F. The second kappa shape index (κ2) is 12.4. The molecule has 2 heterocycles. The third-order valence-corrected chi connectivity index (χ3v) is 7.09. The zero-order chi connectivity index (χ0) is 26.4. The van der Waals surface area contributed by atoms with E-state index in [1.54, 1.807) is 31.5 Å². The second-order valence-corrected chi connectivity index (χ2v) is 9.98. The monoisotopic (exact) mass is 526 g/mol. The number of carbonyl (C=O) groups excluding carboxylic acids is 2. The van der Waals surface area contributed by atoms with Crippen LogP contribution in [-0.4, -0.2) is 66.3 Å². The lowest BCUT2D eigenvalue weighted by atomic mass is 10.1. The Morgan fingerprint density at radius 1 is 1.22 bits per heavy atom. The summed E-state index contributed by atoms with van der Waals surface area (Å²) in [6.07, 6.45) is 3.13. The summed E-state index contributed by atoms with van der Waals surface area (Å²) >= 11 is 1.26. The average Bonchev–Trinajstić information content (AvgIpc) is 3.63. The number of likely N-dealkylation sites (N-methyl/N-ethyl adjacent to an activating group) is 1. The molecule has 196 valence electrons. The Bertz CT molecular complexity index is 1230. The number of ether oxygens (including phenoxy) is 2. The third kappa shape index (κ3) is 7.18. The minimum atomic E-state index is -0.603. The molecule has 1 atom stereocenters. The maximum atomic E-state index is 14.8. The summed E-state index contributed by atoms with van der Waals surface area (Å²) in [5.41, 5.74) is 1.64. The summed E-state index contributed by atoms with van der Waals surface area (Å²) in [5.74, 6) is -0.286. The molecule has 4 rings (SSSR count). The summed E-state index contributed by atoms with van der Waals surface area (Å²) in [4.78, 5) is 31.7. The van der Waals surface area contributed by atoms with Crippen molar-refractivity contribution in [2.75, 3.05) is 40.4 Å². The lowest BCUT2D eigenvalue weighted by Gasteiger charge is -2.16. The van der Waals surface area contributed by atoms with Crippen molar-refractivity contribution < 1.29 is 23.5 Å². The Hall–Kier alpha value is -3.21. The summed E-state index contributed by atoms with van der Waals surface area (Å²) in [5, 5.41) is 2.75. The molecule has 1 N–H and O–H groups in total. The normalized spacial score (nSPS) is 14.0. The third-order valence-electron chi connectivity index (χ3n) is 6.14. The Balaban J connectivity index is 1.33. The van der Waals surface area contributed by atoms with Gasteiger partial charge >= 0.3 is 0 Å². The van der Waals surface area contributed by atoms with Crippen LogP contribution in [-0.2, 0) is 4.74 Å². The van der Waals surface area contributed by atoms with Crippen molar-refractivity contribution in [2.45, 2.75) is 25.9 Å². The first-order chi connectivity index (χ1) is 17.9. The van der Waals surface area contributed by atoms with Crippen LogP contribution in [0.4, 0.5) is 4.39 Å². The molecular weight excluding hydrogens is 495 g/mol. The minimum absolute atomic E-state index is 0.00781. The van der Waals surface area contributed by atoms with Crippen LogP contribution in [0.25, 0.3) is 11.3 Å². The number of pyridine rings is 1. The number of hydrogen-bond acceptors (Lipinski definition) is 8. The predicted octanol–water partition coefficient (Wildman–Crippen LogP) is 4.38. The molecule has 0 aliphatic heterocycles. The number of nitrogens with zero attached hydrogens (tertiary/aromatic N) is 3.